The van der Waals surface area contributed by atoms with Gasteiger partial charge in [0.2, 0.25) is 0 Å². The standard InChI is InChI=1S/C29H36N2O7/c1-4-36-22-10-7-20(8-11-22)27(32)25-26(21-9-12-23(37-5-2)24(19-21)38-6-3)31(29(34)28(25)33)14-13-30-15-17-35-18-16-30/h7-12,19,26,32H,4-6,13-18H2,1-3H3/t26-/m0/s1. The molecule has 0 saturated carbocycles. The molecule has 2 aliphatic heterocycles. The Balaban J connectivity index is 1.76. The molecular formula is C29H36N2O7. The number of ether oxygens (including phenoxy) is 4. The topological polar surface area (TPSA) is 97.8 Å². The third-order valence-electron chi connectivity index (χ3n) is 6.62. The molecule has 9 heteroatoms. The first-order chi connectivity index (χ1) is 18.5. The molecule has 1 atom stereocenters. The van der Waals surface area contributed by atoms with Crippen LogP contribution in [0.1, 0.15) is 37.9 Å². The number of carbonyl (C=O) groups excluding carboxylic acids is 2. The number of morpholine rings is 1. The summed E-state index contributed by atoms with van der Waals surface area (Å²) >= 11 is 0. The lowest BCUT2D eigenvalue weighted by Gasteiger charge is -2.31. The molecule has 4 rings (SSSR count). The maximum Gasteiger partial charge on any atom is 0.295 e. The van der Waals surface area contributed by atoms with Crippen molar-refractivity contribution in [2.75, 3.05) is 59.2 Å². The second kappa shape index (κ2) is 12.8. The molecule has 204 valence electrons. The molecule has 1 amide bonds. The van der Waals surface area contributed by atoms with Crippen molar-refractivity contribution in [3.8, 4) is 17.2 Å². The minimum absolute atomic E-state index is 0.0488. The van der Waals surface area contributed by atoms with Gasteiger partial charge in [-0.05, 0) is 62.7 Å². The van der Waals surface area contributed by atoms with Gasteiger partial charge >= 0.3 is 0 Å². The summed E-state index contributed by atoms with van der Waals surface area (Å²) < 4.78 is 22.5. The molecule has 2 fully saturated rings. The fourth-order valence-electron chi connectivity index (χ4n) is 4.80. The van der Waals surface area contributed by atoms with E-state index >= 15 is 0 Å². The van der Waals surface area contributed by atoms with Crippen molar-refractivity contribution >= 4 is 17.4 Å². The van der Waals surface area contributed by atoms with Crippen molar-refractivity contribution in [3.05, 3.63) is 59.2 Å². The predicted molar refractivity (Wildman–Crippen MR) is 143 cm³/mol. The van der Waals surface area contributed by atoms with Gasteiger partial charge in [0.05, 0.1) is 44.6 Å². The number of carbonyl (C=O) groups is 2. The van der Waals surface area contributed by atoms with E-state index in [4.69, 9.17) is 18.9 Å². The van der Waals surface area contributed by atoms with E-state index in [1.54, 1.807) is 41.3 Å². The molecule has 2 saturated heterocycles. The highest BCUT2D eigenvalue weighted by atomic mass is 16.5. The van der Waals surface area contributed by atoms with Crippen LogP contribution in [0.4, 0.5) is 0 Å². The van der Waals surface area contributed by atoms with Gasteiger partial charge in [-0.15, -0.1) is 0 Å². The highest BCUT2D eigenvalue weighted by molar-refractivity contribution is 6.46. The van der Waals surface area contributed by atoms with Crippen molar-refractivity contribution in [3.63, 3.8) is 0 Å². The lowest BCUT2D eigenvalue weighted by molar-refractivity contribution is -0.140. The van der Waals surface area contributed by atoms with Gasteiger partial charge in [-0.25, -0.2) is 0 Å². The molecule has 0 spiro atoms. The minimum Gasteiger partial charge on any atom is -0.507 e. The van der Waals surface area contributed by atoms with Gasteiger partial charge in [-0.3, -0.25) is 14.5 Å². The molecule has 9 nitrogen and oxygen atoms in total. The Labute approximate surface area is 223 Å². The summed E-state index contributed by atoms with van der Waals surface area (Å²) in [4.78, 5) is 30.5. The van der Waals surface area contributed by atoms with Crippen molar-refractivity contribution < 1.29 is 33.6 Å². The SMILES string of the molecule is CCOc1ccc(C(O)=C2C(=O)C(=O)N(CCN3CCOCC3)[C@H]2c2ccc(OCC)c(OCC)c2)cc1. The summed E-state index contributed by atoms with van der Waals surface area (Å²) in [6.45, 7) is 10.8. The first kappa shape index (κ1) is 27.5. The second-order valence-electron chi connectivity index (χ2n) is 8.98. The van der Waals surface area contributed by atoms with Crippen LogP contribution in [0.15, 0.2) is 48.0 Å². The lowest BCUT2D eigenvalue weighted by Crippen LogP contribution is -2.42. The Morgan fingerprint density at radius 1 is 0.895 bits per heavy atom. The molecule has 2 aromatic rings. The van der Waals surface area contributed by atoms with Gasteiger partial charge in [-0.2, -0.15) is 0 Å². The number of aliphatic hydroxyl groups excluding tert-OH is 1. The summed E-state index contributed by atoms with van der Waals surface area (Å²) in [5.74, 6) is 0.177. The van der Waals surface area contributed by atoms with Crippen molar-refractivity contribution in [2.45, 2.75) is 26.8 Å². The average molecular weight is 525 g/mol. The highest BCUT2D eigenvalue weighted by Crippen LogP contribution is 2.42. The summed E-state index contributed by atoms with van der Waals surface area (Å²) in [5.41, 5.74) is 1.14. The lowest BCUT2D eigenvalue weighted by atomic mass is 9.95. The first-order valence-corrected chi connectivity index (χ1v) is 13.2. The van der Waals surface area contributed by atoms with Gasteiger partial charge in [0.15, 0.2) is 11.5 Å². The molecular weight excluding hydrogens is 488 g/mol. The molecule has 0 unspecified atom stereocenters. The maximum atomic E-state index is 13.4. The quantitative estimate of drug-likeness (QED) is 0.270. The fourth-order valence-corrected chi connectivity index (χ4v) is 4.80. The van der Waals surface area contributed by atoms with Crippen LogP contribution < -0.4 is 14.2 Å². The zero-order valence-corrected chi connectivity index (χ0v) is 22.3. The number of hydrogen-bond donors (Lipinski definition) is 1. The van der Waals surface area contributed by atoms with Crippen molar-refractivity contribution in [1.82, 2.24) is 9.80 Å². The number of amides is 1. The number of hydrogen-bond acceptors (Lipinski definition) is 8. The third kappa shape index (κ3) is 5.95. The molecule has 2 aromatic carbocycles. The number of rotatable bonds is 11. The Bertz CT molecular complexity index is 1160. The Kier molecular flexibility index (Phi) is 9.25. The summed E-state index contributed by atoms with van der Waals surface area (Å²) in [6, 6.07) is 11.4. The second-order valence-corrected chi connectivity index (χ2v) is 8.98. The maximum absolute atomic E-state index is 13.4. The molecule has 1 N–H and O–H groups in total. The van der Waals surface area contributed by atoms with Gasteiger partial charge in [0.25, 0.3) is 11.7 Å². The first-order valence-electron chi connectivity index (χ1n) is 13.2. The molecule has 2 aliphatic rings. The Hall–Kier alpha value is -3.56. The van der Waals surface area contributed by atoms with Crippen LogP contribution in [0.25, 0.3) is 5.76 Å². The van der Waals surface area contributed by atoms with Gasteiger partial charge in [0.1, 0.15) is 11.5 Å². The minimum atomic E-state index is -0.780. The van der Waals surface area contributed by atoms with E-state index in [0.29, 0.717) is 74.5 Å². The molecule has 0 radical (unpaired) electrons. The zero-order valence-electron chi connectivity index (χ0n) is 22.3. The Morgan fingerprint density at radius 3 is 2.21 bits per heavy atom. The molecule has 2 heterocycles. The normalized spacial score (nSPS) is 19.6. The number of likely N-dealkylation sites (tertiary alicyclic amines) is 1. The summed E-state index contributed by atoms with van der Waals surface area (Å²) in [5, 5.41) is 11.4. The number of benzene rings is 2. The average Bonchev–Trinajstić information content (AvgIpc) is 3.19. The smallest absolute Gasteiger partial charge is 0.295 e. The summed E-state index contributed by atoms with van der Waals surface area (Å²) in [6.07, 6.45) is 0. The number of Topliss-reactive ketones (excluding diaryl/α,β-unsaturated/α-hetero) is 1. The molecule has 0 aromatic heterocycles. The van der Waals surface area contributed by atoms with E-state index in [0.717, 1.165) is 13.1 Å². The van der Waals surface area contributed by atoms with Gasteiger partial charge < -0.3 is 29.0 Å². The van der Waals surface area contributed by atoms with E-state index in [1.807, 2.05) is 26.8 Å². The van der Waals surface area contributed by atoms with Crippen LogP contribution in [0.3, 0.4) is 0 Å². The van der Waals surface area contributed by atoms with Crippen LogP contribution in [0.2, 0.25) is 0 Å². The van der Waals surface area contributed by atoms with E-state index in [1.165, 1.54) is 0 Å². The van der Waals surface area contributed by atoms with Crippen LogP contribution in [0.5, 0.6) is 17.2 Å². The van der Waals surface area contributed by atoms with Crippen LogP contribution in [-0.2, 0) is 14.3 Å². The highest BCUT2D eigenvalue weighted by Gasteiger charge is 2.46. The Morgan fingerprint density at radius 2 is 1.55 bits per heavy atom. The number of nitrogens with zero attached hydrogens (tertiary/aromatic N) is 2. The largest absolute Gasteiger partial charge is 0.507 e. The monoisotopic (exact) mass is 524 g/mol. The molecule has 0 bridgehead atoms. The van der Waals surface area contributed by atoms with Crippen molar-refractivity contribution in [1.29, 1.82) is 0 Å². The predicted octanol–water partition coefficient (Wildman–Crippen LogP) is 3.64. The molecule has 0 aliphatic carbocycles. The zero-order chi connectivity index (χ0) is 27.1. The van der Waals surface area contributed by atoms with Crippen LogP contribution in [0, 0.1) is 0 Å². The van der Waals surface area contributed by atoms with Crippen LogP contribution in [-0.4, -0.2) is 85.8 Å². The third-order valence-corrected chi connectivity index (χ3v) is 6.62. The van der Waals surface area contributed by atoms with E-state index in [2.05, 4.69) is 4.90 Å². The van der Waals surface area contributed by atoms with E-state index in [9.17, 15) is 14.7 Å². The van der Waals surface area contributed by atoms with Gasteiger partial charge in [0, 0.05) is 31.7 Å². The van der Waals surface area contributed by atoms with Crippen LogP contribution >= 0.6 is 0 Å². The number of ketones is 1. The van der Waals surface area contributed by atoms with Gasteiger partial charge in [-0.1, -0.05) is 6.07 Å². The summed E-state index contributed by atoms with van der Waals surface area (Å²) in [7, 11) is 0. The van der Waals surface area contributed by atoms with Crippen molar-refractivity contribution in [2.24, 2.45) is 0 Å². The fraction of sp³-hybridized carbons (Fsp3) is 0.448. The molecule has 38 heavy (non-hydrogen) atoms. The number of aliphatic hydroxyl groups is 1. The van der Waals surface area contributed by atoms with E-state index < -0.39 is 17.7 Å². The van der Waals surface area contributed by atoms with E-state index in [-0.39, 0.29) is 11.3 Å².